The molecule has 2 aromatic rings. The first-order valence-electron chi connectivity index (χ1n) is 11.5. The van der Waals surface area contributed by atoms with Crippen LogP contribution in [-0.2, 0) is 28.5 Å². The Kier molecular flexibility index (Phi) is 20.7. The van der Waals surface area contributed by atoms with Crippen molar-refractivity contribution in [3.8, 4) is 35.5 Å². The van der Waals surface area contributed by atoms with E-state index in [9.17, 15) is 9.59 Å². The van der Waals surface area contributed by atoms with Crippen molar-refractivity contribution in [1.29, 1.82) is 1.28 Å². The predicted molar refractivity (Wildman–Crippen MR) is 194 cm³/mol. The fraction of sp³-hybridized carbons (Fsp3) is 0.308. The molecule has 0 spiro atoms. The average molecular weight is 948 g/mol. The van der Waals surface area contributed by atoms with Crippen molar-refractivity contribution >= 4 is 110 Å². The summed E-state index contributed by atoms with van der Waals surface area (Å²) in [5.74, 6) is 3.34. The van der Waals surface area contributed by atoms with E-state index in [0.717, 1.165) is 8.57 Å². The van der Waals surface area contributed by atoms with Crippen molar-refractivity contribution in [2.45, 2.75) is 52.7 Å². The van der Waals surface area contributed by atoms with Gasteiger partial charge in [0.25, 0.3) is 0 Å². The van der Waals surface area contributed by atoms with E-state index in [4.69, 9.17) is 28.0 Å². The third-order valence-corrected chi connectivity index (χ3v) is 5.29. The fourth-order valence-electron chi connectivity index (χ4n) is 1.91. The Morgan fingerprint density at radius 3 is 1.82 bits per heavy atom. The number of carbonyl (C=O) groups excluding carboxylic acids is 2. The summed E-state index contributed by atoms with van der Waals surface area (Å²) in [6.07, 6.45) is 5.47. The number of benzene rings is 2. The summed E-state index contributed by atoms with van der Waals surface area (Å²) in [6, 6.07) is 14.0. The van der Waals surface area contributed by atoms with Gasteiger partial charge in [-0.15, -0.1) is 12.8 Å². The topological polar surface area (TPSA) is 71.1 Å². The Morgan fingerprint density at radius 1 is 1.00 bits per heavy atom. The van der Waals surface area contributed by atoms with Gasteiger partial charge in [0.1, 0.15) is 25.4 Å². The lowest BCUT2D eigenvalue weighted by Gasteiger charge is -2.18. The molecule has 6 nitrogen and oxygen atoms in total. The van der Waals surface area contributed by atoms with Gasteiger partial charge in [-0.1, -0.05) is 38.1 Å². The fourth-order valence-corrected chi connectivity index (χ4v) is 2.41. The third-order valence-electron chi connectivity index (χ3n) is 3.12. The molecule has 0 N–H and O–H groups in total. The summed E-state index contributed by atoms with van der Waals surface area (Å²) in [4.78, 5) is 23.7. The second-order valence-electron chi connectivity index (χ2n) is 8.61. The minimum absolute atomic E-state index is 0.147. The second-order valence-corrected chi connectivity index (χ2v) is 20.4. The zero-order valence-electron chi connectivity index (χ0n) is 24.0. The molecule has 2 aromatic carbocycles. The van der Waals surface area contributed by atoms with Crippen LogP contribution in [-0.4, -0.2) is 24.8 Å². The number of carbonyl (C=O) groups is 2. The van der Waals surface area contributed by atoms with Crippen molar-refractivity contribution in [2.75, 3.05) is 0 Å². The summed E-state index contributed by atoms with van der Waals surface area (Å²) in [5, 5.41) is 2.43. The van der Waals surface area contributed by atoms with Gasteiger partial charge in [0.2, 0.25) is 0 Å². The molecule has 0 amide bonds. The Labute approximate surface area is 284 Å². The van der Waals surface area contributed by atoms with Crippen LogP contribution in [0.1, 0.15) is 48.5 Å². The van der Waals surface area contributed by atoms with Gasteiger partial charge in [-0.3, -0.25) is 0 Å². The SMILES string of the molecule is CC(C)(C)OC(=O)Oc1ccccc1I.S=PI.[3H]C#Cc1ccccc1OC(=O)OC(C)(C)C.[3H]P=S(I)C#C. The molecule has 2 rings (SSSR count). The molecule has 0 aliphatic carbocycles. The molecular weight excluding hydrogens is 915 g/mol. The van der Waals surface area contributed by atoms with Crippen LogP contribution in [0.15, 0.2) is 48.5 Å². The summed E-state index contributed by atoms with van der Waals surface area (Å²) in [5.41, 5.74) is -0.655. The number of ether oxygens (including phenoxy) is 4. The maximum atomic E-state index is 11.4. The van der Waals surface area contributed by atoms with Crippen LogP contribution < -0.4 is 9.47 Å². The molecule has 0 aliphatic heterocycles. The monoisotopic (exact) mass is 948 g/mol. The normalized spacial score (nSPS) is 11.3. The lowest BCUT2D eigenvalue weighted by atomic mass is 10.2. The summed E-state index contributed by atoms with van der Waals surface area (Å²) in [6.45, 7) is 10.6. The van der Waals surface area contributed by atoms with E-state index < -0.39 is 23.5 Å². The minimum atomic E-state index is -0.781. The molecule has 212 valence electrons. The first-order valence-corrected chi connectivity index (χ1v) is 21.2. The van der Waals surface area contributed by atoms with E-state index in [1.807, 2.05) is 24.6 Å². The lowest BCUT2D eigenvalue weighted by molar-refractivity contribution is 0.0192. The predicted octanol–water partition coefficient (Wildman–Crippen LogP) is 9.93. The minimum Gasteiger partial charge on any atom is -0.428 e. The molecule has 0 saturated carbocycles. The van der Waals surface area contributed by atoms with Gasteiger partial charge in [0, 0.05) is 26.2 Å². The maximum Gasteiger partial charge on any atom is 0.514 e. The molecule has 13 heteroatoms. The summed E-state index contributed by atoms with van der Waals surface area (Å²) in [7, 11) is 0.409. The van der Waals surface area contributed by atoms with Crippen LogP contribution >= 0.6 is 78.8 Å². The number of hydrogen-bond acceptors (Lipinski definition) is 7. The summed E-state index contributed by atoms with van der Waals surface area (Å²) < 4.78 is 34.5. The van der Waals surface area contributed by atoms with Crippen molar-refractivity contribution < 1.29 is 29.9 Å². The number of terminal acetylenes is 2. The van der Waals surface area contributed by atoms with Crippen molar-refractivity contribution in [2.24, 2.45) is 0 Å². The largest absolute Gasteiger partial charge is 0.514 e. The van der Waals surface area contributed by atoms with Crippen LogP contribution in [0.3, 0.4) is 0 Å². The van der Waals surface area contributed by atoms with E-state index in [1.165, 1.54) is 0 Å². The van der Waals surface area contributed by atoms with E-state index in [1.54, 1.807) is 71.9 Å². The summed E-state index contributed by atoms with van der Waals surface area (Å²) >= 11 is 10.6. The molecule has 0 heterocycles. The molecule has 39 heavy (non-hydrogen) atoms. The molecular formula is C26H29I3O6P2S2. The number of halogens is 3. The van der Waals surface area contributed by atoms with Crippen molar-refractivity contribution in [3.05, 3.63) is 57.7 Å². The molecule has 0 aromatic heterocycles. The van der Waals surface area contributed by atoms with E-state index in [0.29, 0.717) is 25.0 Å². The van der Waals surface area contributed by atoms with Crippen molar-refractivity contribution in [1.82, 2.24) is 0 Å². The molecule has 0 fully saturated rings. The zero-order valence-corrected chi connectivity index (χ0v) is 31.9. The second kappa shape index (κ2) is 22.1. The Morgan fingerprint density at radius 2 is 1.44 bits per heavy atom. The molecule has 0 bridgehead atoms. The van der Waals surface area contributed by atoms with Crippen LogP contribution in [0.2, 0.25) is 0 Å². The van der Waals surface area contributed by atoms with Crippen LogP contribution in [0.5, 0.6) is 11.5 Å². The lowest BCUT2D eigenvalue weighted by Crippen LogP contribution is -2.26. The Hall–Kier alpha value is -0.540. The van der Waals surface area contributed by atoms with Crippen LogP contribution in [0.4, 0.5) is 9.59 Å². The molecule has 0 aliphatic rings. The Bertz CT molecular complexity index is 1270. The van der Waals surface area contributed by atoms with Gasteiger partial charge in [-0.25, -0.2) is 9.59 Å². The van der Waals surface area contributed by atoms with Gasteiger partial charge < -0.3 is 18.9 Å². The highest BCUT2D eigenvalue weighted by Crippen LogP contribution is 2.21. The smallest absolute Gasteiger partial charge is 0.428 e. The quantitative estimate of drug-likeness (QED) is 0.0977. The molecule has 1 unspecified atom stereocenters. The van der Waals surface area contributed by atoms with Gasteiger partial charge in [-0.05, 0) is 135 Å². The zero-order chi connectivity index (χ0) is 32.1. The average Bonchev–Trinajstić information content (AvgIpc) is 2.85. The number of rotatable bonds is 2. The van der Waals surface area contributed by atoms with Gasteiger partial charge >= 0.3 is 12.3 Å². The first-order chi connectivity index (χ1) is 19.0. The standard InChI is InChI=1S/C13H14O3.C11H13IO3.C2H2IPS.IPS/c1-5-10-8-6-7-9-11(10)15-12(14)16-13(2,3)4;1-11(2,3)15-10(13)14-9-7-5-4-6-8(9)12;1-2-5(3)4;1-2-3/h1,6-9H,2-4H3;4-7H,1-3H3;1,4H;/i1T;;4T;. The van der Waals surface area contributed by atoms with Gasteiger partial charge in [0.15, 0.2) is 0 Å². The van der Waals surface area contributed by atoms with Gasteiger partial charge in [0.05, 0.1) is 9.13 Å². The van der Waals surface area contributed by atoms with E-state index >= 15 is 0 Å². The van der Waals surface area contributed by atoms with Crippen LogP contribution in [0.25, 0.3) is 0 Å². The maximum absolute atomic E-state index is 11.4. The highest BCUT2D eigenvalue weighted by atomic mass is 127. The van der Waals surface area contributed by atoms with Crippen LogP contribution in [0, 0.1) is 27.6 Å². The molecule has 0 radical (unpaired) electrons. The number of para-hydroxylation sites is 2. The van der Waals surface area contributed by atoms with Gasteiger partial charge in [-0.2, -0.15) is 0 Å². The highest BCUT2D eigenvalue weighted by Gasteiger charge is 2.19. The highest BCUT2D eigenvalue weighted by molar-refractivity contribution is 14.2. The molecule has 1 atom stereocenters. The Balaban J connectivity index is 0. The van der Waals surface area contributed by atoms with Crippen molar-refractivity contribution in [3.63, 3.8) is 0 Å². The first kappa shape index (κ1) is 36.5. The van der Waals surface area contributed by atoms with E-state index in [2.05, 4.69) is 88.8 Å². The third kappa shape index (κ3) is 24.9. The van der Waals surface area contributed by atoms with E-state index in [-0.39, 0.29) is 7.24 Å². The number of hydrogen-bond donors (Lipinski definition) is 0. The molecule has 0 saturated heterocycles.